The summed E-state index contributed by atoms with van der Waals surface area (Å²) in [6.07, 6.45) is 3.06. The molecule has 0 aromatic heterocycles. The summed E-state index contributed by atoms with van der Waals surface area (Å²) in [7, 11) is 9.52. The fourth-order valence-corrected chi connectivity index (χ4v) is 2.99. The van der Waals surface area contributed by atoms with Crippen molar-refractivity contribution in [1.82, 2.24) is 5.32 Å². The molecule has 0 aromatic rings. The number of nitrogens with one attached hydrogen (secondary N) is 1. The summed E-state index contributed by atoms with van der Waals surface area (Å²) in [5, 5.41) is 12.4. The lowest BCUT2D eigenvalue weighted by molar-refractivity contribution is -0.140. The number of carbonyl (C=O) groups is 2. The second-order valence-corrected chi connectivity index (χ2v) is 8.03. The van der Waals surface area contributed by atoms with Crippen molar-refractivity contribution < 1.29 is 14.7 Å². The number of aliphatic carboxylic acids is 1. The summed E-state index contributed by atoms with van der Waals surface area (Å²) in [4.78, 5) is 22.3. The molecule has 1 heterocycles. The molecule has 0 fully saturated rings. The highest BCUT2D eigenvalue weighted by atomic mass is 36.0. The van der Waals surface area contributed by atoms with Crippen molar-refractivity contribution in [2.24, 2.45) is 0 Å². The van der Waals surface area contributed by atoms with E-state index in [1.165, 1.54) is 18.4 Å². The monoisotopic (exact) mass is 269 g/mol. The Kier molecular flexibility index (Phi) is 3.70. The molecule has 1 aliphatic rings. The number of allylic oxidation sites excluding steroid dienone is 2. The van der Waals surface area contributed by atoms with Crippen LogP contribution in [0.2, 0.25) is 0 Å². The number of carbonyl (C=O) groups excluding carboxylic acids is 1. The standard InChI is InChI=1S/C8H9Cl2NO3S/c1-5(8(13)14)11-7(12)6-3-2-4-15(6,9)10/h2-5H,1H3,(H,11,12)(H,13,14)/t5-/m1/s1. The van der Waals surface area contributed by atoms with Gasteiger partial charge in [0.1, 0.15) is 6.04 Å². The van der Waals surface area contributed by atoms with Crippen molar-refractivity contribution in [1.29, 1.82) is 0 Å². The number of carboxylic acids is 1. The zero-order chi connectivity index (χ0) is 11.6. The second kappa shape index (κ2) is 4.47. The van der Waals surface area contributed by atoms with Gasteiger partial charge in [-0.05, 0) is 48.2 Å². The number of amides is 1. The van der Waals surface area contributed by atoms with Gasteiger partial charge in [0.2, 0.25) is 0 Å². The summed E-state index contributed by atoms with van der Waals surface area (Å²) in [5.41, 5.74) is 0. The third kappa shape index (κ3) is 2.90. The van der Waals surface area contributed by atoms with Gasteiger partial charge in [0, 0.05) is 0 Å². The van der Waals surface area contributed by atoms with E-state index in [0.29, 0.717) is 0 Å². The molecule has 1 rings (SSSR count). The zero-order valence-electron chi connectivity index (χ0n) is 7.74. The summed E-state index contributed by atoms with van der Waals surface area (Å²) in [6.45, 7) is 1.36. The van der Waals surface area contributed by atoms with Gasteiger partial charge in [-0.2, -0.15) is 0 Å². The van der Waals surface area contributed by atoms with Gasteiger partial charge in [-0.15, -0.1) is 0 Å². The summed E-state index contributed by atoms with van der Waals surface area (Å²) in [5.74, 6) is -1.66. The average molecular weight is 270 g/mol. The first-order chi connectivity index (χ1) is 6.84. The van der Waals surface area contributed by atoms with E-state index in [9.17, 15) is 9.59 Å². The Morgan fingerprint density at radius 3 is 2.53 bits per heavy atom. The van der Waals surface area contributed by atoms with Crippen molar-refractivity contribution in [3.63, 3.8) is 0 Å². The maximum atomic E-state index is 11.5. The molecule has 2 N–H and O–H groups in total. The van der Waals surface area contributed by atoms with Gasteiger partial charge in [-0.1, -0.05) is 6.08 Å². The predicted octanol–water partition coefficient (Wildman–Crippen LogP) is 2.10. The van der Waals surface area contributed by atoms with Gasteiger partial charge in [0.15, 0.2) is 0 Å². The molecule has 4 nitrogen and oxygen atoms in total. The molecular formula is C8H9Cl2NO3S. The highest BCUT2D eigenvalue weighted by Gasteiger charge is 2.30. The quantitative estimate of drug-likeness (QED) is 0.825. The van der Waals surface area contributed by atoms with E-state index in [0.717, 1.165) is 0 Å². The van der Waals surface area contributed by atoms with Crippen molar-refractivity contribution in [2.75, 3.05) is 0 Å². The summed E-state index contributed by atoms with van der Waals surface area (Å²) < 4.78 is 0. The zero-order valence-corrected chi connectivity index (χ0v) is 10.1. The topological polar surface area (TPSA) is 66.4 Å². The Balaban J connectivity index is 2.68. The van der Waals surface area contributed by atoms with Crippen molar-refractivity contribution in [3.8, 4) is 0 Å². The fraction of sp³-hybridized carbons (Fsp3) is 0.250. The van der Waals surface area contributed by atoms with E-state index < -0.39 is 26.4 Å². The van der Waals surface area contributed by atoms with Crippen LogP contribution in [0, 0.1) is 0 Å². The molecule has 0 saturated carbocycles. The van der Waals surface area contributed by atoms with Crippen LogP contribution in [0.5, 0.6) is 0 Å². The minimum Gasteiger partial charge on any atom is -0.480 e. The first-order valence-corrected chi connectivity index (χ1v) is 7.34. The Hall–Kier alpha value is -0.650. The Morgan fingerprint density at radius 1 is 1.53 bits per heavy atom. The normalized spacial score (nSPS) is 21.7. The van der Waals surface area contributed by atoms with Crippen molar-refractivity contribution >= 4 is 41.7 Å². The number of rotatable bonds is 3. The summed E-state index contributed by atoms with van der Waals surface area (Å²) >= 11 is 0. The predicted molar refractivity (Wildman–Crippen MR) is 61.8 cm³/mol. The lowest BCUT2D eigenvalue weighted by atomic mass is 10.3. The minimum absolute atomic E-state index is 0.207. The van der Waals surface area contributed by atoms with Gasteiger partial charge in [-0.3, -0.25) is 9.59 Å². The van der Waals surface area contributed by atoms with E-state index in [-0.39, 0.29) is 4.91 Å². The summed E-state index contributed by atoms with van der Waals surface area (Å²) in [6, 6.07) is -0.970. The number of hydrogen-bond acceptors (Lipinski definition) is 2. The van der Waals surface area contributed by atoms with Crippen LogP contribution < -0.4 is 5.32 Å². The maximum Gasteiger partial charge on any atom is 0.325 e. The van der Waals surface area contributed by atoms with Crippen LogP contribution in [0.4, 0.5) is 0 Å². The van der Waals surface area contributed by atoms with E-state index in [2.05, 4.69) is 5.32 Å². The molecule has 7 heteroatoms. The molecule has 0 radical (unpaired) electrons. The Bertz CT molecular complexity index is 365. The lowest BCUT2D eigenvalue weighted by Gasteiger charge is -2.20. The molecule has 0 aliphatic carbocycles. The molecule has 84 valence electrons. The lowest BCUT2D eigenvalue weighted by Crippen LogP contribution is -2.39. The molecule has 0 saturated heterocycles. The van der Waals surface area contributed by atoms with Crippen LogP contribution in [0.25, 0.3) is 0 Å². The number of carboxylic acid groups (broad SMARTS) is 1. The third-order valence-electron chi connectivity index (χ3n) is 1.73. The van der Waals surface area contributed by atoms with Crippen LogP contribution in [0.3, 0.4) is 0 Å². The van der Waals surface area contributed by atoms with Crippen LogP contribution in [-0.4, -0.2) is 23.0 Å². The fourth-order valence-electron chi connectivity index (χ4n) is 0.918. The SMILES string of the molecule is C[C@@H](NC(=O)C1=CC=CS1(Cl)Cl)C(=O)O. The van der Waals surface area contributed by atoms with Gasteiger partial charge < -0.3 is 10.4 Å². The minimum atomic E-state index is -2.24. The number of hydrogen-bond donors (Lipinski definition) is 2. The highest BCUT2D eigenvalue weighted by Crippen LogP contribution is 2.68. The highest BCUT2D eigenvalue weighted by molar-refractivity contribution is 8.70. The largest absolute Gasteiger partial charge is 0.480 e. The van der Waals surface area contributed by atoms with Crippen LogP contribution >= 0.6 is 29.8 Å². The van der Waals surface area contributed by atoms with E-state index in [4.69, 9.17) is 26.5 Å². The van der Waals surface area contributed by atoms with Gasteiger partial charge >= 0.3 is 5.97 Å². The van der Waals surface area contributed by atoms with Crippen LogP contribution in [0.1, 0.15) is 6.92 Å². The maximum absolute atomic E-state index is 11.5. The average Bonchev–Trinajstić information content (AvgIpc) is 2.44. The molecule has 1 amide bonds. The van der Waals surface area contributed by atoms with Gasteiger partial charge in [0.25, 0.3) is 5.91 Å². The van der Waals surface area contributed by atoms with Crippen LogP contribution in [0.15, 0.2) is 22.5 Å². The Labute approximate surface area is 97.2 Å². The molecule has 0 aromatic carbocycles. The number of halogens is 2. The molecule has 0 spiro atoms. The Morgan fingerprint density at radius 2 is 2.13 bits per heavy atom. The first kappa shape index (κ1) is 12.4. The van der Waals surface area contributed by atoms with Gasteiger partial charge in [-0.25, -0.2) is 0 Å². The van der Waals surface area contributed by atoms with Crippen molar-refractivity contribution in [2.45, 2.75) is 13.0 Å². The first-order valence-electron chi connectivity index (χ1n) is 3.99. The van der Waals surface area contributed by atoms with E-state index in [1.54, 1.807) is 6.08 Å². The molecule has 0 bridgehead atoms. The molecule has 0 unspecified atom stereocenters. The molecule has 15 heavy (non-hydrogen) atoms. The van der Waals surface area contributed by atoms with Crippen molar-refractivity contribution in [3.05, 3.63) is 22.5 Å². The second-order valence-electron chi connectivity index (χ2n) is 2.90. The van der Waals surface area contributed by atoms with E-state index >= 15 is 0 Å². The molecular weight excluding hydrogens is 261 g/mol. The third-order valence-corrected chi connectivity index (χ3v) is 4.75. The van der Waals surface area contributed by atoms with Crippen LogP contribution in [-0.2, 0) is 9.59 Å². The molecule has 1 atom stereocenters. The molecule has 1 aliphatic heterocycles. The van der Waals surface area contributed by atoms with E-state index in [1.807, 2.05) is 0 Å². The smallest absolute Gasteiger partial charge is 0.325 e. The van der Waals surface area contributed by atoms with Gasteiger partial charge in [0.05, 0.1) is 4.91 Å².